The Labute approximate surface area is 92.8 Å². The third kappa shape index (κ3) is 3.79. The SMILES string of the molecule is C=CCP(=O)(CC=C)C(C)(C)CC(C)=O. The quantitative estimate of drug-likeness (QED) is 0.494. The van der Waals surface area contributed by atoms with Gasteiger partial charge in [0.05, 0.1) is 0 Å². The van der Waals surface area contributed by atoms with E-state index in [-0.39, 0.29) is 5.78 Å². The van der Waals surface area contributed by atoms with Crippen molar-refractivity contribution < 1.29 is 9.36 Å². The molecule has 15 heavy (non-hydrogen) atoms. The Bertz CT molecular complexity index is 289. The monoisotopic (exact) mass is 228 g/mol. The zero-order valence-corrected chi connectivity index (χ0v) is 10.8. The van der Waals surface area contributed by atoms with Gasteiger partial charge >= 0.3 is 0 Å². The van der Waals surface area contributed by atoms with E-state index in [0.717, 1.165) is 0 Å². The summed E-state index contributed by atoms with van der Waals surface area (Å²) < 4.78 is 12.7. The van der Waals surface area contributed by atoms with E-state index in [1.807, 2.05) is 13.8 Å². The van der Waals surface area contributed by atoms with Crippen molar-refractivity contribution in [2.45, 2.75) is 32.3 Å². The lowest BCUT2D eigenvalue weighted by atomic mass is 10.1. The summed E-state index contributed by atoms with van der Waals surface area (Å²) in [5.74, 6) is 0.0772. The van der Waals surface area contributed by atoms with Gasteiger partial charge in [0.1, 0.15) is 12.9 Å². The third-order valence-electron chi connectivity index (χ3n) is 2.63. The predicted molar refractivity (Wildman–Crippen MR) is 67.1 cm³/mol. The molecule has 0 aliphatic heterocycles. The van der Waals surface area contributed by atoms with Crippen LogP contribution >= 0.6 is 7.14 Å². The maximum absolute atomic E-state index is 12.7. The van der Waals surface area contributed by atoms with Gasteiger partial charge in [0.15, 0.2) is 0 Å². The van der Waals surface area contributed by atoms with Crippen LogP contribution in [-0.4, -0.2) is 23.3 Å². The molecule has 0 fully saturated rings. The molecule has 0 radical (unpaired) electrons. The Kier molecular flexibility index (Phi) is 5.23. The molecule has 0 saturated carbocycles. The Morgan fingerprint density at radius 2 is 1.67 bits per heavy atom. The van der Waals surface area contributed by atoms with E-state index in [0.29, 0.717) is 18.7 Å². The molecular formula is C12H21O2P. The van der Waals surface area contributed by atoms with Crippen LogP contribution in [0.3, 0.4) is 0 Å². The van der Waals surface area contributed by atoms with Gasteiger partial charge in [-0.25, -0.2) is 0 Å². The summed E-state index contributed by atoms with van der Waals surface area (Å²) >= 11 is 0. The van der Waals surface area contributed by atoms with Gasteiger partial charge in [-0.05, 0) is 6.92 Å². The normalized spacial score (nSPS) is 12.2. The Balaban J connectivity index is 5.03. The molecule has 0 aliphatic rings. The molecule has 3 heteroatoms. The molecule has 0 aromatic heterocycles. The number of rotatable bonds is 7. The average molecular weight is 228 g/mol. The second-order valence-electron chi connectivity index (χ2n) is 4.52. The highest BCUT2D eigenvalue weighted by Crippen LogP contribution is 2.59. The summed E-state index contributed by atoms with van der Waals surface area (Å²) in [5, 5.41) is -0.457. The Hall–Kier alpha value is -0.620. The lowest BCUT2D eigenvalue weighted by Gasteiger charge is -2.33. The van der Waals surface area contributed by atoms with Gasteiger partial charge in [0.25, 0.3) is 0 Å². The summed E-state index contributed by atoms with van der Waals surface area (Å²) in [5.41, 5.74) is 0. The molecule has 0 rings (SSSR count). The number of hydrogen-bond donors (Lipinski definition) is 0. The van der Waals surface area contributed by atoms with Crippen molar-refractivity contribution in [1.29, 1.82) is 0 Å². The fourth-order valence-electron chi connectivity index (χ4n) is 1.74. The highest BCUT2D eigenvalue weighted by molar-refractivity contribution is 7.65. The van der Waals surface area contributed by atoms with Crippen molar-refractivity contribution in [2.24, 2.45) is 0 Å². The standard InChI is InChI=1S/C12H21O2P/c1-6-8-15(14,9-7-2)12(4,5)10-11(3)13/h6-7H,1-2,8-10H2,3-5H3. The van der Waals surface area contributed by atoms with Crippen molar-refractivity contribution in [1.82, 2.24) is 0 Å². The first kappa shape index (κ1) is 14.4. The van der Waals surface area contributed by atoms with Crippen LogP contribution in [-0.2, 0) is 9.36 Å². The average Bonchev–Trinajstić information content (AvgIpc) is 2.02. The molecule has 0 N–H and O–H groups in total. The minimum atomic E-state index is -2.43. The summed E-state index contributed by atoms with van der Waals surface area (Å²) in [6.45, 7) is 12.6. The molecule has 0 saturated heterocycles. The fraction of sp³-hybridized carbons (Fsp3) is 0.583. The van der Waals surface area contributed by atoms with E-state index in [1.165, 1.54) is 6.92 Å². The first-order valence-corrected chi connectivity index (χ1v) is 7.16. The van der Waals surface area contributed by atoms with Crippen LogP contribution in [0.15, 0.2) is 25.3 Å². The Morgan fingerprint density at radius 3 is 1.93 bits per heavy atom. The van der Waals surface area contributed by atoms with Crippen molar-refractivity contribution in [3.8, 4) is 0 Å². The molecule has 0 bridgehead atoms. The van der Waals surface area contributed by atoms with Crippen LogP contribution in [0.5, 0.6) is 0 Å². The van der Waals surface area contributed by atoms with Crippen LogP contribution in [0.25, 0.3) is 0 Å². The van der Waals surface area contributed by atoms with Gasteiger partial charge < -0.3 is 4.57 Å². The topological polar surface area (TPSA) is 34.1 Å². The Morgan fingerprint density at radius 1 is 1.27 bits per heavy atom. The smallest absolute Gasteiger partial charge is 0.130 e. The molecule has 0 aromatic carbocycles. The predicted octanol–water partition coefficient (Wildman–Crippen LogP) is 3.48. The summed E-state index contributed by atoms with van der Waals surface area (Å²) in [6, 6.07) is 0. The van der Waals surface area contributed by atoms with E-state index in [9.17, 15) is 9.36 Å². The van der Waals surface area contributed by atoms with E-state index in [2.05, 4.69) is 13.2 Å². The number of Topliss-reactive ketones (excluding diaryl/α,β-unsaturated/α-hetero) is 1. The van der Waals surface area contributed by atoms with Crippen LogP contribution in [0.1, 0.15) is 27.2 Å². The first-order chi connectivity index (χ1) is 6.79. The molecule has 2 nitrogen and oxygen atoms in total. The second kappa shape index (κ2) is 5.46. The molecule has 86 valence electrons. The highest BCUT2D eigenvalue weighted by Gasteiger charge is 2.38. The van der Waals surface area contributed by atoms with Gasteiger partial charge in [0, 0.05) is 23.9 Å². The number of carbonyl (C=O) groups is 1. The zero-order valence-electron chi connectivity index (χ0n) is 9.95. The number of carbonyl (C=O) groups excluding carboxylic acids is 1. The van der Waals surface area contributed by atoms with E-state index in [4.69, 9.17) is 0 Å². The van der Waals surface area contributed by atoms with Gasteiger partial charge in [0.2, 0.25) is 0 Å². The largest absolute Gasteiger partial charge is 0.322 e. The lowest BCUT2D eigenvalue weighted by molar-refractivity contribution is -0.117. The zero-order chi connectivity index (χ0) is 12.1. The van der Waals surface area contributed by atoms with E-state index >= 15 is 0 Å². The fourth-order valence-corrected chi connectivity index (χ4v) is 4.22. The minimum Gasteiger partial charge on any atom is -0.322 e. The van der Waals surface area contributed by atoms with Gasteiger partial charge in [-0.3, -0.25) is 4.79 Å². The molecule has 0 aliphatic carbocycles. The van der Waals surface area contributed by atoms with Crippen molar-refractivity contribution in [3.05, 3.63) is 25.3 Å². The van der Waals surface area contributed by atoms with Crippen molar-refractivity contribution in [3.63, 3.8) is 0 Å². The van der Waals surface area contributed by atoms with Gasteiger partial charge in [-0.15, -0.1) is 13.2 Å². The van der Waals surface area contributed by atoms with Crippen LogP contribution in [0.2, 0.25) is 0 Å². The highest BCUT2D eigenvalue weighted by atomic mass is 31.2. The third-order valence-corrected chi connectivity index (χ3v) is 6.69. The summed E-state index contributed by atoms with van der Waals surface area (Å²) in [6.07, 6.45) is 4.64. The number of allylic oxidation sites excluding steroid dienone is 2. The van der Waals surface area contributed by atoms with Crippen molar-refractivity contribution in [2.75, 3.05) is 12.3 Å². The van der Waals surface area contributed by atoms with E-state index in [1.54, 1.807) is 12.2 Å². The maximum Gasteiger partial charge on any atom is 0.130 e. The number of ketones is 1. The van der Waals surface area contributed by atoms with E-state index < -0.39 is 12.3 Å². The summed E-state index contributed by atoms with van der Waals surface area (Å²) in [4.78, 5) is 11.1. The van der Waals surface area contributed by atoms with Crippen LogP contribution in [0, 0.1) is 0 Å². The molecule has 0 unspecified atom stereocenters. The first-order valence-electron chi connectivity index (χ1n) is 5.08. The van der Waals surface area contributed by atoms with Gasteiger partial charge in [-0.1, -0.05) is 26.0 Å². The second-order valence-corrected chi connectivity index (χ2v) is 8.24. The maximum atomic E-state index is 12.7. The van der Waals surface area contributed by atoms with Crippen LogP contribution in [0.4, 0.5) is 0 Å². The minimum absolute atomic E-state index is 0.0772. The molecular weight excluding hydrogens is 207 g/mol. The summed E-state index contributed by atoms with van der Waals surface area (Å²) in [7, 11) is -2.43. The van der Waals surface area contributed by atoms with Crippen LogP contribution < -0.4 is 0 Å². The molecule has 0 heterocycles. The van der Waals surface area contributed by atoms with Crippen molar-refractivity contribution >= 4 is 12.9 Å². The number of hydrogen-bond acceptors (Lipinski definition) is 2. The molecule has 0 spiro atoms. The molecule has 0 amide bonds. The van der Waals surface area contributed by atoms with Gasteiger partial charge in [-0.2, -0.15) is 0 Å². The molecule has 0 atom stereocenters. The molecule has 0 aromatic rings. The lowest BCUT2D eigenvalue weighted by Crippen LogP contribution is -2.26.